The Morgan fingerprint density at radius 2 is 1.92 bits per heavy atom. The van der Waals surface area contributed by atoms with Crippen LogP contribution in [-0.4, -0.2) is 28.1 Å². The van der Waals surface area contributed by atoms with Crippen molar-refractivity contribution < 1.29 is 28.3 Å². The van der Waals surface area contributed by atoms with E-state index in [0.29, 0.717) is 0 Å². The Morgan fingerprint density at radius 1 is 1.28 bits per heavy atom. The van der Waals surface area contributed by atoms with Crippen LogP contribution >= 0.6 is 0 Å². The van der Waals surface area contributed by atoms with E-state index in [1.807, 2.05) is 0 Å². The van der Waals surface area contributed by atoms with Gasteiger partial charge in [0, 0.05) is 17.8 Å². The van der Waals surface area contributed by atoms with Crippen LogP contribution in [0.25, 0.3) is 0 Å². The quantitative estimate of drug-likeness (QED) is 0.615. The first-order valence-electron chi connectivity index (χ1n) is 7.05. The highest BCUT2D eigenvalue weighted by Crippen LogP contribution is 2.22. The van der Waals surface area contributed by atoms with Crippen molar-refractivity contribution in [2.75, 3.05) is 11.9 Å². The van der Waals surface area contributed by atoms with Crippen LogP contribution in [0, 0.1) is 21.7 Å². The summed E-state index contributed by atoms with van der Waals surface area (Å²) in [6.45, 7) is 0.730. The number of amides is 1. The number of nitro groups is 1. The number of hydrogen-bond acceptors (Lipinski definition) is 5. The smallest absolute Gasteiger partial charge is 0.304 e. The van der Waals surface area contributed by atoms with E-state index < -0.39 is 40.4 Å². The number of aliphatic hydroxyl groups is 1. The van der Waals surface area contributed by atoms with E-state index in [0.717, 1.165) is 30.3 Å². The molecule has 0 fully saturated rings. The number of nitrogens with zero attached hydrogens (tertiary/aromatic N) is 1. The average molecular weight is 352 g/mol. The molecule has 0 bridgehead atoms. The molecule has 2 aromatic carbocycles. The molecule has 1 atom stereocenters. The number of nitrogens with one attached hydrogen (secondary N) is 1. The highest BCUT2D eigenvalue weighted by Gasteiger charge is 2.32. The zero-order valence-electron chi connectivity index (χ0n) is 13.0. The van der Waals surface area contributed by atoms with Crippen LogP contribution in [0.1, 0.15) is 6.92 Å². The molecule has 2 aromatic rings. The van der Waals surface area contributed by atoms with Crippen LogP contribution in [0.3, 0.4) is 0 Å². The van der Waals surface area contributed by atoms with E-state index in [9.17, 15) is 28.8 Å². The first-order chi connectivity index (χ1) is 11.7. The molecule has 0 radical (unpaired) electrons. The minimum absolute atomic E-state index is 0.0600. The molecular weight excluding hydrogens is 338 g/mol. The minimum atomic E-state index is -1.98. The summed E-state index contributed by atoms with van der Waals surface area (Å²) in [5, 5.41) is 23.0. The van der Waals surface area contributed by atoms with Gasteiger partial charge in [-0.3, -0.25) is 14.9 Å². The molecule has 0 spiro atoms. The fourth-order valence-corrected chi connectivity index (χ4v) is 1.82. The van der Waals surface area contributed by atoms with Gasteiger partial charge in [-0.25, -0.2) is 4.39 Å². The number of ether oxygens (including phenoxy) is 1. The van der Waals surface area contributed by atoms with E-state index in [1.165, 1.54) is 19.1 Å². The maximum absolute atomic E-state index is 13.5. The zero-order chi connectivity index (χ0) is 18.6. The fraction of sp³-hybridized carbons (Fsp3) is 0.188. The third-order valence-electron chi connectivity index (χ3n) is 3.22. The van der Waals surface area contributed by atoms with Crippen molar-refractivity contribution in [1.82, 2.24) is 0 Å². The van der Waals surface area contributed by atoms with Crippen LogP contribution in [0.4, 0.5) is 20.2 Å². The second kappa shape index (κ2) is 7.22. The van der Waals surface area contributed by atoms with E-state index in [4.69, 9.17) is 4.74 Å². The maximum Gasteiger partial charge on any atom is 0.304 e. The predicted octanol–water partition coefficient (Wildman–Crippen LogP) is 2.64. The summed E-state index contributed by atoms with van der Waals surface area (Å²) in [7, 11) is 0. The highest BCUT2D eigenvalue weighted by atomic mass is 19.1. The van der Waals surface area contributed by atoms with Crippen LogP contribution in [0.5, 0.6) is 5.75 Å². The van der Waals surface area contributed by atoms with Gasteiger partial charge in [0.25, 0.3) is 5.91 Å². The first-order valence-corrected chi connectivity index (χ1v) is 7.05. The average Bonchev–Trinajstić information content (AvgIpc) is 2.54. The molecule has 0 unspecified atom stereocenters. The van der Waals surface area contributed by atoms with Gasteiger partial charge in [0.05, 0.1) is 4.92 Å². The number of rotatable bonds is 6. The summed E-state index contributed by atoms with van der Waals surface area (Å²) in [5.41, 5.74) is -2.77. The monoisotopic (exact) mass is 352 g/mol. The van der Waals surface area contributed by atoms with E-state index in [2.05, 4.69) is 5.32 Å². The van der Waals surface area contributed by atoms with Crippen LogP contribution in [0.15, 0.2) is 42.5 Å². The third kappa shape index (κ3) is 4.70. The number of benzene rings is 2. The fourth-order valence-electron chi connectivity index (χ4n) is 1.82. The molecule has 0 heterocycles. The van der Waals surface area contributed by atoms with Gasteiger partial charge < -0.3 is 15.2 Å². The third-order valence-corrected chi connectivity index (χ3v) is 3.22. The van der Waals surface area contributed by atoms with E-state index in [-0.39, 0.29) is 11.4 Å². The van der Waals surface area contributed by atoms with Crippen molar-refractivity contribution in [2.24, 2.45) is 0 Å². The number of carbonyl (C=O) groups excluding carboxylic acids is 1. The summed E-state index contributed by atoms with van der Waals surface area (Å²) in [6.07, 6.45) is 0. The SMILES string of the molecule is C[C@](O)(COc1ccc(F)cc1)C(=O)Nc1ccc([N+](=O)[O-])c(F)c1. The second-order valence-corrected chi connectivity index (χ2v) is 5.39. The molecule has 9 heteroatoms. The van der Waals surface area contributed by atoms with Gasteiger partial charge in [0.2, 0.25) is 5.82 Å². The Hall–Kier alpha value is -3.07. The van der Waals surface area contributed by atoms with Gasteiger partial charge in [-0.05, 0) is 37.3 Å². The molecule has 0 aromatic heterocycles. The number of anilines is 1. The Morgan fingerprint density at radius 3 is 2.48 bits per heavy atom. The number of halogens is 2. The van der Waals surface area contributed by atoms with Crippen LogP contribution in [-0.2, 0) is 4.79 Å². The van der Waals surface area contributed by atoms with Crippen molar-refractivity contribution in [3.8, 4) is 5.75 Å². The lowest BCUT2D eigenvalue weighted by molar-refractivity contribution is -0.387. The van der Waals surface area contributed by atoms with Gasteiger partial charge in [-0.1, -0.05) is 0 Å². The molecule has 0 aliphatic carbocycles. The molecule has 0 aliphatic rings. The van der Waals surface area contributed by atoms with Gasteiger partial charge in [-0.2, -0.15) is 4.39 Å². The summed E-state index contributed by atoms with van der Waals surface area (Å²) in [6, 6.07) is 7.77. The Kier molecular flexibility index (Phi) is 5.28. The van der Waals surface area contributed by atoms with E-state index in [1.54, 1.807) is 0 Å². The van der Waals surface area contributed by atoms with Crippen molar-refractivity contribution in [2.45, 2.75) is 12.5 Å². The molecule has 0 aliphatic heterocycles. The maximum atomic E-state index is 13.5. The van der Waals surface area contributed by atoms with Gasteiger partial charge in [0.1, 0.15) is 18.2 Å². The Labute approximate surface area is 141 Å². The topological polar surface area (TPSA) is 102 Å². The molecule has 25 heavy (non-hydrogen) atoms. The van der Waals surface area contributed by atoms with Crippen molar-refractivity contribution in [3.63, 3.8) is 0 Å². The highest BCUT2D eigenvalue weighted by molar-refractivity contribution is 5.97. The van der Waals surface area contributed by atoms with Gasteiger partial charge >= 0.3 is 5.69 Å². The summed E-state index contributed by atoms with van der Waals surface area (Å²) >= 11 is 0. The summed E-state index contributed by atoms with van der Waals surface area (Å²) < 4.78 is 31.6. The van der Waals surface area contributed by atoms with Crippen LogP contribution < -0.4 is 10.1 Å². The lowest BCUT2D eigenvalue weighted by Crippen LogP contribution is -2.45. The van der Waals surface area contributed by atoms with Crippen molar-refractivity contribution in [1.29, 1.82) is 0 Å². The van der Waals surface area contributed by atoms with Crippen molar-refractivity contribution in [3.05, 3.63) is 64.2 Å². The minimum Gasteiger partial charge on any atom is -0.490 e. The molecule has 0 saturated carbocycles. The largest absolute Gasteiger partial charge is 0.490 e. The van der Waals surface area contributed by atoms with Gasteiger partial charge in [-0.15, -0.1) is 0 Å². The number of carbonyl (C=O) groups is 1. The molecule has 1 amide bonds. The molecule has 2 N–H and O–H groups in total. The Bertz CT molecular complexity index is 794. The predicted molar refractivity (Wildman–Crippen MR) is 84.2 cm³/mol. The van der Waals surface area contributed by atoms with Crippen molar-refractivity contribution >= 4 is 17.3 Å². The molecule has 2 rings (SSSR count). The summed E-state index contributed by atoms with van der Waals surface area (Å²) in [5.74, 6) is -2.24. The number of nitro benzene ring substituents is 1. The molecule has 7 nitrogen and oxygen atoms in total. The van der Waals surface area contributed by atoms with E-state index >= 15 is 0 Å². The standard InChI is InChI=1S/C16H14F2N2O5/c1-16(22,9-25-12-5-2-10(17)3-6-12)15(21)19-11-4-7-14(20(23)24)13(18)8-11/h2-8,22H,9H2,1H3,(H,19,21)/t16-/m0/s1. The molecule has 0 saturated heterocycles. The summed E-state index contributed by atoms with van der Waals surface area (Å²) in [4.78, 5) is 21.7. The normalized spacial score (nSPS) is 13.0. The van der Waals surface area contributed by atoms with Gasteiger partial charge in [0.15, 0.2) is 5.60 Å². The lowest BCUT2D eigenvalue weighted by atomic mass is 10.1. The molecule has 132 valence electrons. The second-order valence-electron chi connectivity index (χ2n) is 5.39. The number of hydrogen-bond donors (Lipinski definition) is 2. The van der Waals surface area contributed by atoms with Crippen LogP contribution in [0.2, 0.25) is 0 Å². The lowest BCUT2D eigenvalue weighted by Gasteiger charge is -2.22. The Balaban J connectivity index is 2.01. The first kappa shape index (κ1) is 18.3. The molecular formula is C16H14F2N2O5. The zero-order valence-corrected chi connectivity index (χ0v) is 13.0.